The van der Waals surface area contributed by atoms with E-state index in [1.165, 1.54) is 0 Å². The molecule has 0 aliphatic carbocycles. The molecule has 148 valence electrons. The highest BCUT2D eigenvalue weighted by molar-refractivity contribution is 5.90. The summed E-state index contributed by atoms with van der Waals surface area (Å²) in [6, 6.07) is 15.1. The molecular formula is C22H27N3O3. The molecule has 0 unspecified atom stereocenters. The maximum atomic E-state index is 12.7. The van der Waals surface area contributed by atoms with E-state index in [0.29, 0.717) is 18.7 Å². The van der Waals surface area contributed by atoms with Crippen LogP contribution in [0.1, 0.15) is 35.3 Å². The number of urea groups is 1. The number of piperazine rings is 1. The Balaban J connectivity index is 1.62. The normalized spacial score (nSPS) is 20.0. The third-order valence-corrected chi connectivity index (χ3v) is 5.34. The van der Waals surface area contributed by atoms with E-state index in [0.717, 1.165) is 23.4 Å². The lowest BCUT2D eigenvalue weighted by Gasteiger charge is -2.44. The number of carbonyl (C=O) groups excluding carboxylic acids is 1. The number of hydrogen-bond acceptors (Lipinski definition) is 3. The summed E-state index contributed by atoms with van der Waals surface area (Å²) in [5, 5.41) is 12.0. The Kier molecular flexibility index (Phi) is 5.99. The van der Waals surface area contributed by atoms with E-state index in [-0.39, 0.29) is 18.1 Å². The molecule has 2 aromatic carbocycles. The van der Waals surface area contributed by atoms with Crippen molar-refractivity contribution in [1.29, 1.82) is 0 Å². The number of carboxylic acid groups (broad SMARTS) is 1. The van der Waals surface area contributed by atoms with Gasteiger partial charge in [0.15, 0.2) is 0 Å². The van der Waals surface area contributed by atoms with Crippen molar-refractivity contribution in [3.63, 3.8) is 0 Å². The highest BCUT2D eigenvalue weighted by Gasteiger charge is 2.31. The first-order valence-electron chi connectivity index (χ1n) is 9.54. The van der Waals surface area contributed by atoms with E-state index in [4.69, 9.17) is 5.11 Å². The van der Waals surface area contributed by atoms with Crippen molar-refractivity contribution in [2.24, 2.45) is 0 Å². The van der Waals surface area contributed by atoms with Crippen LogP contribution in [0.2, 0.25) is 0 Å². The lowest BCUT2D eigenvalue weighted by atomic mass is 10.1. The van der Waals surface area contributed by atoms with Gasteiger partial charge in [-0.15, -0.1) is 0 Å². The lowest BCUT2D eigenvalue weighted by Crippen LogP contribution is -2.58. The van der Waals surface area contributed by atoms with E-state index in [9.17, 15) is 9.59 Å². The van der Waals surface area contributed by atoms with E-state index >= 15 is 0 Å². The summed E-state index contributed by atoms with van der Waals surface area (Å²) in [6.45, 7) is 8.25. The highest BCUT2D eigenvalue weighted by Crippen LogP contribution is 2.21. The summed E-state index contributed by atoms with van der Waals surface area (Å²) in [7, 11) is 0. The number of aryl methyl sites for hydroxylation is 1. The molecule has 2 N–H and O–H groups in total. The third-order valence-electron chi connectivity index (χ3n) is 5.34. The van der Waals surface area contributed by atoms with Crippen LogP contribution in [0.15, 0.2) is 48.5 Å². The fourth-order valence-corrected chi connectivity index (χ4v) is 3.71. The average molecular weight is 381 g/mol. The van der Waals surface area contributed by atoms with Gasteiger partial charge in [0, 0.05) is 37.4 Å². The quantitative estimate of drug-likeness (QED) is 0.844. The molecule has 2 amide bonds. The van der Waals surface area contributed by atoms with Gasteiger partial charge < -0.3 is 15.3 Å². The number of carbonyl (C=O) groups is 2. The third kappa shape index (κ3) is 4.51. The predicted molar refractivity (Wildman–Crippen MR) is 110 cm³/mol. The number of carboxylic acids is 1. The summed E-state index contributed by atoms with van der Waals surface area (Å²) in [4.78, 5) is 27.9. The number of anilines is 1. The first-order chi connectivity index (χ1) is 13.3. The maximum Gasteiger partial charge on any atom is 0.335 e. The summed E-state index contributed by atoms with van der Waals surface area (Å²) >= 11 is 0. The molecule has 2 aromatic rings. The van der Waals surface area contributed by atoms with E-state index < -0.39 is 5.97 Å². The Bertz CT molecular complexity index is 838. The standard InChI is InChI=1S/C22H27N3O3/c1-15-6-4-5-7-20(15)23-22(28)24-12-16(2)25(17(3)13-24)14-18-8-10-19(11-9-18)21(26)27/h4-11,16-17H,12-14H2,1-3H3,(H,23,28)(H,26,27)/t16-,17+. The number of nitrogens with one attached hydrogen (secondary N) is 1. The lowest BCUT2D eigenvalue weighted by molar-refractivity contribution is 0.0526. The maximum absolute atomic E-state index is 12.7. The molecule has 0 aromatic heterocycles. The van der Waals surface area contributed by atoms with Gasteiger partial charge in [-0.25, -0.2) is 9.59 Å². The first-order valence-corrected chi connectivity index (χ1v) is 9.54. The number of amides is 2. The molecule has 1 heterocycles. The Labute approximate surface area is 165 Å². The second kappa shape index (κ2) is 8.44. The number of para-hydroxylation sites is 1. The molecule has 0 saturated carbocycles. The number of aromatic carboxylic acids is 1. The summed E-state index contributed by atoms with van der Waals surface area (Å²) < 4.78 is 0. The van der Waals surface area contributed by atoms with Crippen molar-refractivity contribution < 1.29 is 14.7 Å². The minimum atomic E-state index is -0.915. The Morgan fingerprint density at radius 2 is 1.64 bits per heavy atom. The smallest absolute Gasteiger partial charge is 0.335 e. The van der Waals surface area contributed by atoms with Crippen LogP contribution in [0.4, 0.5) is 10.5 Å². The van der Waals surface area contributed by atoms with E-state index in [1.807, 2.05) is 48.2 Å². The van der Waals surface area contributed by atoms with Crippen molar-refractivity contribution in [3.05, 3.63) is 65.2 Å². The predicted octanol–water partition coefficient (Wildman–Crippen LogP) is 3.82. The van der Waals surface area contributed by atoms with Crippen LogP contribution < -0.4 is 5.32 Å². The molecule has 0 bridgehead atoms. The highest BCUT2D eigenvalue weighted by atomic mass is 16.4. The molecule has 1 fully saturated rings. The van der Waals surface area contributed by atoms with E-state index in [2.05, 4.69) is 24.1 Å². The van der Waals surface area contributed by atoms with Crippen LogP contribution in [0.5, 0.6) is 0 Å². The van der Waals surface area contributed by atoms with Gasteiger partial charge in [-0.1, -0.05) is 30.3 Å². The van der Waals surface area contributed by atoms with Crippen molar-refractivity contribution in [1.82, 2.24) is 9.80 Å². The zero-order valence-corrected chi connectivity index (χ0v) is 16.6. The molecule has 1 aliphatic rings. The topological polar surface area (TPSA) is 72.9 Å². The Morgan fingerprint density at radius 3 is 2.21 bits per heavy atom. The van der Waals surface area contributed by atoms with Gasteiger partial charge in [-0.2, -0.15) is 0 Å². The van der Waals surface area contributed by atoms with Crippen LogP contribution in [-0.4, -0.2) is 52.1 Å². The van der Waals surface area contributed by atoms with Crippen LogP contribution in [0, 0.1) is 6.92 Å². The monoisotopic (exact) mass is 381 g/mol. The van der Waals surface area contributed by atoms with Crippen molar-refractivity contribution in [2.45, 2.75) is 39.4 Å². The molecular weight excluding hydrogens is 354 g/mol. The summed E-state index contributed by atoms with van der Waals surface area (Å²) in [5.41, 5.74) is 3.25. The van der Waals surface area contributed by atoms with E-state index in [1.54, 1.807) is 12.1 Å². The molecule has 0 spiro atoms. The van der Waals surface area contributed by atoms with Gasteiger partial charge in [0.2, 0.25) is 0 Å². The minimum Gasteiger partial charge on any atom is -0.478 e. The average Bonchev–Trinajstić information content (AvgIpc) is 2.66. The second-order valence-electron chi connectivity index (χ2n) is 7.52. The number of rotatable bonds is 4. The van der Waals surface area contributed by atoms with Gasteiger partial charge in [0.1, 0.15) is 0 Å². The van der Waals surface area contributed by atoms with Crippen LogP contribution >= 0.6 is 0 Å². The molecule has 1 saturated heterocycles. The van der Waals surface area contributed by atoms with Gasteiger partial charge in [-0.3, -0.25) is 4.90 Å². The zero-order valence-electron chi connectivity index (χ0n) is 16.6. The van der Waals surface area contributed by atoms with Crippen molar-refractivity contribution in [2.75, 3.05) is 18.4 Å². The molecule has 0 radical (unpaired) electrons. The van der Waals surface area contributed by atoms with Crippen LogP contribution in [-0.2, 0) is 6.54 Å². The molecule has 28 heavy (non-hydrogen) atoms. The van der Waals surface area contributed by atoms with Gasteiger partial charge in [0.05, 0.1) is 5.56 Å². The van der Waals surface area contributed by atoms with Gasteiger partial charge in [-0.05, 0) is 50.1 Å². The fourth-order valence-electron chi connectivity index (χ4n) is 3.71. The van der Waals surface area contributed by atoms with Gasteiger partial charge >= 0.3 is 12.0 Å². The number of hydrogen-bond donors (Lipinski definition) is 2. The minimum absolute atomic E-state index is 0.0709. The number of nitrogens with zero attached hydrogens (tertiary/aromatic N) is 2. The fraction of sp³-hybridized carbons (Fsp3) is 0.364. The van der Waals surface area contributed by atoms with Gasteiger partial charge in [0.25, 0.3) is 0 Å². The van der Waals surface area contributed by atoms with Crippen LogP contribution in [0.25, 0.3) is 0 Å². The summed E-state index contributed by atoms with van der Waals surface area (Å²) in [6.07, 6.45) is 0. The molecule has 6 heteroatoms. The Hall–Kier alpha value is -2.86. The Morgan fingerprint density at radius 1 is 1.04 bits per heavy atom. The molecule has 3 rings (SSSR count). The first kappa shape index (κ1) is 19.9. The summed E-state index contributed by atoms with van der Waals surface area (Å²) in [5.74, 6) is -0.915. The largest absolute Gasteiger partial charge is 0.478 e. The number of benzene rings is 2. The molecule has 6 nitrogen and oxygen atoms in total. The zero-order chi connectivity index (χ0) is 20.3. The van der Waals surface area contributed by atoms with Crippen molar-refractivity contribution in [3.8, 4) is 0 Å². The molecule has 2 atom stereocenters. The second-order valence-corrected chi connectivity index (χ2v) is 7.52. The SMILES string of the molecule is Cc1ccccc1NC(=O)N1C[C@@H](C)N(Cc2ccc(C(=O)O)cc2)[C@@H](C)C1. The van der Waals surface area contributed by atoms with Crippen molar-refractivity contribution >= 4 is 17.7 Å². The molecule has 1 aliphatic heterocycles. The van der Waals surface area contributed by atoms with Crippen LogP contribution in [0.3, 0.4) is 0 Å².